The van der Waals surface area contributed by atoms with Crippen molar-refractivity contribution >= 4 is 9.84 Å². The first-order chi connectivity index (χ1) is 14.3. The van der Waals surface area contributed by atoms with Gasteiger partial charge in [-0.2, -0.15) is 5.10 Å². The summed E-state index contributed by atoms with van der Waals surface area (Å²) >= 11 is 0. The zero-order valence-electron chi connectivity index (χ0n) is 17.7. The molecule has 1 saturated carbocycles. The summed E-state index contributed by atoms with van der Waals surface area (Å²) in [5.41, 5.74) is 4.57. The van der Waals surface area contributed by atoms with Crippen LogP contribution in [0.2, 0.25) is 0 Å². The molecule has 0 spiro atoms. The van der Waals surface area contributed by atoms with Crippen LogP contribution in [-0.2, 0) is 16.9 Å². The molecular weight excluding hydrogens is 394 g/mol. The quantitative estimate of drug-likeness (QED) is 0.635. The summed E-state index contributed by atoms with van der Waals surface area (Å²) in [4.78, 5) is 0.386. The molecule has 158 valence electrons. The number of nitrogens with one attached hydrogen (secondary N) is 1. The monoisotopic (exact) mass is 423 g/mol. The number of aryl methyl sites for hydroxylation is 1. The normalized spacial score (nSPS) is 20.4. The first-order valence-corrected chi connectivity index (χ1v) is 12.4. The van der Waals surface area contributed by atoms with Gasteiger partial charge < -0.3 is 5.32 Å². The second kappa shape index (κ2) is 8.36. The van der Waals surface area contributed by atoms with Gasteiger partial charge >= 0.3 is 0 Å². The lowest BCUT2D eigenvalue weighted by molar-refractivity contribution is 0.448. The van der Waals surface area contributed by atoms with Crippen molar-refractivity contribution in [3.05, 3.63) is 71.9 Å². The number of rotatable bonds is 6. The molecule has 4 rings (SSSR count). The van der Waals surface area contributed by atoms with Crippen LogP contribution in [0.15, 0.2) is 65.6 Å². The second-order valence-electron chi connectivity index (χ2n) is 8.38. The minimum atomic E-state index is -3.14. The Morgan fingerprint density at radius 1 is 1.07 bits per heavy atom. The maximum absolute atomic E-state index is 11.7. The molecule has 1 aromatic heterocycles. The molecule has 3 atom stereocenters. The van der Waals surface area contributed by atoms with Crippen molar-refractivity contribution in [2.45, 2.75) is 49.1 Å². The van der Waals surface area contributed by atoms with E-state index in [1.165, 1.54) is 17.4 Å². The van der Waals surface area contributed by atoms with Gasteiger partial charge in [0, 0.05) is 25.4 Å². The molecule has 30 heavy (non-hydrogen) atoms. The van der Waals surface area contributed by atoms with Crippen LogP contribution in [0, 0.1) is 0 Å². The average molecular weight is 424 g/mol. The molecule has 3 aromatic rings. The van der Waals surface area contributed by atoms with E-state index < -0.39 is 9.84 Å². The maximum atomic E-state index is 11.7. The molecule has 5 nitrogen and oxygen atoms in total. The lowest BCUT2D eigenvalue weighted by atomic mass is 9.97. The third-order valence-electron chi connectivity index (χ3n) is 6.11. The summed E-state index contributed by atoms with van der Waals surface area (Å²) in [6.07, 6.45) is 4.53. The van der Waals surface area contributed by atoms with E-state index in [-0.39, 0.29) is 6.04 Å². The summed E-state index contributed by atoms with van der Waals surface area (Å²) < 4.78 is 25.3. The fraction of sp³-hybridized carbons (Fsp3) is 0.375. The number of hydrogen-bond donors (Lipinski definition) is 1. The molecule has 2 aromatic carbocycles. The Kier molecular flexibility index (Phi) is 5.80. The van der Waals surface area contributed by atoms with Gasteiger partial charge in [-0.3, -0.25) is 4.68 Å². The van der Waals surface area contributed by atoms with Gasteiger partial charge in [0.15, 0.2) is 9.84 Å². The first-order valence-electron chi connectivity index (χ1n) is 10.5. The van der Waals surface area contributed by atoms with Crippen LogP contribution in [0.1, 0.15) is 49.4 Å². The molecular formula is C24H29N3O2S. The highest BCUT2D eigenvalue weighted by atomic mass is 32.2. The summed E-state index contributed by atoms with van der Waals surface area (Å²) in [5, 5.41) is 8.49. The molecule has 1 heterocycles. The zero-order valence-corrected chi connectivity index (χ0v) is 18.6. The minimum Gasteiger partial charge on any atom is -0.306 e. The zero-order chi connectivity index (χ0) is 21.3. The maximum Gasteiger partial charge on any atom is 0.175 e. The Morgan fingerprint density at radius 3 is 2.43 bits per heavy atom. The van der Waals surface area contributed by atoms with Crippen LogP contribution in [0.5, 0.6) is 0 Å². The van der Waals surface area contributed by atoms with Crippen molar-refractivity contribution in [3.63, 3.8) is 0 Å². The van der Waals surface area contributed by atoms with E-state index in [1.54, 1.807) is 12.1 Å². The van der Waals surface area contributed by atoms with Gasteiger partial charge in [-0.15, -0.1) is 0 Å². The molecule has 1 N–H and O–H groups in total. The van der Waals surface area contributed by atoms with E-state index in [9.17, 15) is 8.42 Å². The standard InChI is InChI=1S/C24H29N3O2S/c1-17(23-16-24(27(2)26-23)19-7-5-4-6-8-19)25-21-12-9-20(15-21)18-10-13-22(14-11-18)30(3,28)29/h4-8,10-11,13-14,16-17,20-21,25H,9,12,15H2,1-3H3/t17-,20?,21+/m1/s1. The van der Waals surface area contributed by atoms with Gasteiger partial charge in [0.05, 0.1) is 16.3 Å². The largest absolute Gasteiger partial charge is 0.306 e. The Balaban J connectivity index is 1.40. The van der Waals surface area contributed by atoms with Gasteiger partial charge in [-0.1, -0.05) is 42.5 Å². The number of nitrogens with zero attached hydrogens (tertiary/aromatic N) is 2. The topological polar surface area (TPSA) is 64.0 Å². The van der Waals surface area contributed by atoms with E-state index in [0.717, 1.165) is 30.7 Å². The minimum absolute atomic E-state index is 0.171. The van der Waals surface area contributed by atoms with E-state index in [2.05, 4.69) is 30.4 Å². The van der Waals surface area contributed by atoms with Crippen LogP contribution in [-0.4, -0.2) is 30.5 Å². The highest BCUT2D eigenvalue weighted by Crippen LogP contribution is 2.36. The SMILES string of the molecule is C[C@@H](N[C@H]1CCC(c2ccc(S(C)(=O)=O)cc2)C1)c1cc(-c2ccccc2)n(C)n1. The summed E-state index contributed by atoms with van der Waals surface area (Å²) in [5.74, 6) is 0.465. The predicted octanol–water partition coefficient (Wildman–Crippen LogP) is 4.48. The summed E-state index contributed by atoms with van der Waals surface area (Å²) in [7, 11) is -1.15. The first kappa shape index (κ1) is 20.8. The number of aromatic nitrogens is 2. The lowest BCUT2D eigenvalue weighted by Crippen LogP contribution is -2.29. The van der Waals surface area contributed by atoms with Crippen molar-refractivity contribution in [3.8, 4) is 11.3 Å². The van der Waals surface area contributed by atoms with E-state index >= 15 is 0 Å². The van der Waals surface area contributed by atoms with Crippen LogP contribution in [0.25, 0.3) is 11.3 Å². The average Bonchev–Trinajstić information content (AvgIpc) is 3.35. The molecule has 0 bridgehead atoms. The lowest BCUT2D eigenvalue weighted by Gasteiger charge is -2.18. The third kappa shape index (κ3) is 4.50. The van der Waals surface area contributed by atoms with Gasteiger partial charge in [-0.05, 0) is 61.4 Å². The van der Waals surface area contributed by atoms with Crippen LogP contribution in [0.3, 0.4) is 0 Å². The molecule has 6 heteroatoms. The Labute approximate surface area is 179 Å². The van der Waals surface area contributed by atoms with Crippen molar-refractivity contribution in [1.82, 2.24) is 15.1 Å². The van der Waals surface area contributed by atoms with E-state index in [4.69, 9.17) is 5.10 Å². The Morgan fingerprint density at radius 2 is 1.77 bits per heavy atom. The molecule has 1 aliphatic carbocycles. The third-order valence-corrected chi connectivity index (χ3v) is 7.24. The smallest absolute Gasteiger partial charge is 0.175 e. The second-order valence-corrected chi connectivity index (χ2v) is 10.4. The van der Waals surface area contributed by atoms with Gasteiger partial charge in [-0.25, -0.2) is 8.42 Å². The number of sulfone groups is 1. The Hall–Kier alpha value is -2.44. The van der Waals surface area contributed by atoms with Crippen LogP contribution < -0.4 is 5.32 Å². The predicted molar refractivity (Wildman–Crippen MR) is 120 cm³/mol. The van der Waals surface area contributed by atoms with Gasteiger partial charge in [0.25, 0.3) is 0 Å². The van der Waals surface area contributed by atoms with E-state index in [1.807, 2.05) is 42.1 Å². The van der Waals surface area contributed by atoms with Crippen molar-refractivity contribution in [2.75, 3.05) is 6.26 Å². The summed E-state index contributed by atoms with van der Waals surface area (Å²) in [6, 6.07) is 20.5. The van der Waals surface area contributed by atoms with Gasteiger partial charge in [0.1, 0.15) is 0 Å². The highest BCUT2D eigenvalue weighted by molar-refractivity contribution is 7.90. The molecule has 1 unspecified atom stereocenters. The van der Waals surface area contributed by atoms with E-state index in [0.29, 0.717) is 16.9 Å². The molecule has 0 amide bonds. The number of hydrogen-bond acceptors (Lipinski definition) is 4. The molecule has 0 saturated heterocycles. The van der Waals surface area contributed by atoms with Crippen molar-refractivity contribution < 1.29 is 8.42 Å². The van der Waals surface area contributed by atoms with Crippen molar-refractivity contribution in [1.29, 1.82) is 0 Å². The number of benzene rings is 2. The highest BCUT2D eigenvalue weighted by Gasteiger charge is 2.28. The van der Waals surface area contributed by atoms with Crippen molar-refractivity contribution in [2.24, 2.45) is 7.05 Å². The molecule has 1 aliphatic rings. The van der Waals surface area contributed by atoms with Gasteiger partial charge in [0.2, 0.25) is 0 Å². The van der Waals surface area contributed by atoms with Crippen LogP contribution >= 0.6 is 0 Å². The summed E-state index contributed by atoms with van der Waals surface area (Å²) in [6.45, 7) is 2.17. The fourth-order valence-corrected chi connectivity index (χ4v) is 5.07. The Bertz CT molecular complexity index is 1110. The van der Waals surface area contributed by atoms with Crippen LogP contribution in [0.4, 0.5) is 0 Å². The molecule has 0 aliphatic heterocycles. The molecule has 1 fully saturated rings. The molecule has 0 radical (unpaired) electrons. The fourth-order valence-electron chi connectivity index (χ4n) is 4.44.